The van der Waals surface area contributed by atoms with Crippen molar-refractivity contribution in [3.05, 3.63) is 38.9 Å². The summed E-state index contributed by atoms with van der Waals surface area (Å²) in [6.07, 6.45) is 0. The largest absolute Gasteiger partial charge is 0.460 e. The maximum absolute atomic E-state index is 11.8. The van der Waals surface area contributed by atoms with E-state index in [2.05, 4.69) is 0 Å². The van der Waals surface area contributed by atoms with E-state index in [0.717, 1.165) is 6.07 Å². The Bertz CT molecular complexity index is 490. The highest BCUT2D eigenvalue weighted by Crippen LogP contribution is 2.22. The van der Waals surface area contributed by atoms with Crippen LogP contribution in [0.2, 0.25) is 5.02 Å². The molecule has 110 valence electrons. The Morgan fingerprint density at radius 1 is 1.40 bits per heavy atom. The predicted molar refractivity (Wildman–Crippen MR) is 74.0 cm³/mol. The van der Waals surface area contributed by atoms with Crippen molar-refractivity contribution in [2.24, 2.45) is 5.92 Å². The summed E-state index contributed by atoms with van der Waals surface area (Å²) in [4.78, 5) is 21.8. The first kappa shape index (κ1) is 16.4. The van der Waals surface area contributed by atoms with Gasteiger partial charge in [-0.2, -0.15) is 0 Å². The third-order valence-corrected chi connectivity index (χ3v) is 2.62. The van der Waals surface area contributed by atoms with Crippen molar-refractivity contribution in [3.63, 3.8) is 0 Å². The first-order valence-corrected chi connectivity index (χ1v) is 6.48. The number of nitro benzene ring substituents is 1. The van der Waals surface area contributed by atoms with Crippen molar-refractivity contribution in [2.75, 3.05) is 19.8 Å². The SMILES string of the molecule is CC(C)COCCOC(=O)c1cc([N+](=O)[O-])ccc1Cl. The molecule has 1 aromatic carbocycles. The van der Waals surface area contributed by atoms with E-state index in [1.54, 1.807) is 0 Å². The monoisotopic (exact) mass is 301 g/mol. The zero-order chi connectivity index (χ0) is 15.1. The van der Waals surface area contributed by atoms with E-state index in [9.17, 15) is 14.9 Å². The highest BCUT2D eigenvalue weighted by molar-refractivity contribution is 6.33. The molecule has 1 aromatic rings. The van der Waals surface area contributed by atoms with Gasteiger partial charge in [-0.05, 0) is 12.0 Å². The molecule has 0 amide bonds. The zero-order valence-corrected chi connectivity index (χ0v) is 12.1. The summed E-state index contributed by atoms with van der Waals surface area (Å²) in [7, 11) is 0. The summed E-state index contributed by atoms with van der Waals surface area (Å²) in [5, 5.41) is 10.8. The summed E-state index contributed by atoms with van der Waals surface area (Å²) >= 11 is 5.82. The minimum Gasteiger partial charge on any atom is -0.460 e. The molecular weight excluding hydrogens is 286 g/mol. The van der Waals surface area contributed by atoms with Crippen LogP contribution < -0.4 is 0 Å². The van der Waals surface area contributed by atoms with Crippen LogP contribution in [0.5, 0.6) is 0 Å². The Hall–Kier alpha value is -1.66. The second-order valence-electron chi connectivity index (χ2n) is 4.53. The highest BCUT2D eigenvalue weighted by atomic mass is 35.5. The number of benzene rings is 1. The molecule has 0 bridgehead atoms. The molecule has 0 aliphatic carbocycles. The smallest absolute Gasteiger partial charge is 0.339 e. The molecule has 6 nitrogen and oxygen atoms in total. The number of hydrogen-bond donors (Lipinski definition) is 0. The van der Waals surface area contributed by atoms with Crippen molar-refractivity contribution in [3.8, 4) is 0 Å². The van der Waals surface area contributed by atoms with E-state index in [1.807, 2.05) is 13.8 Å². The maximum atomic E-state index is 11.8. The molecule has 0 saturated heterocycles. The van der Waals surface area contributed by atoms with Gasteiger partial charge in [0.1, 0.15) is 6.61 Å². The van der Waals surface area contributed by atoms with Gasteiger partial charge in [-0.1, -0.05) is 25.4 Å². The Morgan fingerprint density at radius 2 is 2.10 bits per heavy atom. The van der Waals surface area contributed by atoms with Gasteiger partial charge in [0.2, 0.25) is 0 Å². The summed E-state index contributed by atoms with van der Waals surface area (Å²) in [5.41, 5.74) is -0.234. The van der Waals surface area contributed by atoms with Crippen LogP contribution in [0.4, 0.5) is 5.69 Å². The molecule has 0 saturated carbocycles. The van der Waals surface area contributed by atoms with Crippen molar-refractivity contribution >= 4 is 23.3 Å². The zero-order valence-electron chi connectivity index (χ0n) is 11.3. The van der Waals surface area contributed by atoms with Gasteiger partial charge in [-0.3, -0.25) is 10.1 Å². The molecule has 0 N–H and O–H groups in total. The number of rotatable bonds is 7. The molecule has 0 aliphatic heterocycles. The van der Waals surface area contributed by atoms with E-state index >= 15 is 0 Å². The van der Waals surface area contributed by atoms with Gasteiger partial charge < -0.3 is 9.47 Å². The average molecular weight is 302 g/mol. The second-order valence-corrected chi connectivity index (χ2v) is 4.93. The number of nitro groups is 1. The van der Waals surface area contributed by atoms with Gasteiger partial charge in [0.25, 0.3) is 5.69 Å². The van der Waals surface area contributed by atoms with Crippen LogP contribution in [-0.4, -0.2) is 30.7 Å². The van der Waals surface area contributed by atoms with Crippen LogP contribution in [0.15, 0.2) is 18.2 Å². The van der Waals surface area contributed by atoms with Crippen LogP contribution in [0, 0.1) is 16.0 Å². The number of esters is 1. The van der Waals surface area contributed by atoms with Crippen molar-refractivity contribution < 1.29 is 19.2 Å². The van der Waals surface area contributed by atoms with Crippen LogP contribution in [0.25, 0.3) is 0 Å². The molecule has 0 aromatic heterocycles. The van der Waals surface area contributed by atoms with Gasteiger partial charge >= 0.3 is 5.97 Å². The maximum Gasteiger partial charge on any atom is 0.339 e. The summed E-state index contributed by atoms with van der Waals surface area (Å²) < 4.78 is 10.2. The number of ether oxygens (including phenoxy) is 2. The van der Waals surface area contributed by atoms with Crippen LogP contribution in [-0.2, 0) is 9.47 Å². The third kappa shape index (κ3) is 5.14. The number of halogens is 1. The van der Waals surface area contributed by atoms with E-state index < -0.39 is 10.9 Å². The number of carbonyl (C=O) groups excluding carboxylic acids is 1. The highest BCUT2D eigenvalue weighted by Gasteiger charge is 2.16. The Morgan fingerprint density at radius 3 is 2.70 bits per heavy atom. The van der Waals surface area contributed by atoms with Gasteiger partial charge in [0.05, 0.1) is 22.1 Å². The van der Waals surface area contributed by atoms with Crippen molar-refractivity contribution in [1.29, 1.82) is 0 Å². The summed E-state index contributed by atoms with van der Waals surface area (Å²) in [6.45, 7) is 4.94. The molecule has 1 rings (SSSR count). The first-order valence-electron chi connectivity index (χ1n) is 6.10. The molecule has 0 spiro atoms. The quantitative estimate of drug-likeness (QED) is 0.335. The normalized spacial score (nSPS) is 10.6. The molecule has 20 heavy (non-hydrogen) atoms. The fraction of sp³-hybridized carbons (Fsp3) is 0.462. The lowest BCUT2D eigenvalue weighted by Crippen LogP contribution is -2.13. The van der Waals surface area contributed by atoms with Crippen molar-refractivity contribution in [2.45, 2.75) is 13.8 Å². The van der Waals surface area contributed by atoms with Gasteiger partial charge in [0, 0.05) is 18.7 Å². The van der Waals surface area contributed by atoms with E-state index in [-0.39, 0.29) is 29.5 Å². The minimum atomic E-state index is -0.702. The van der Waals surface area contributed by atoms with E-state index in [4.69, 9.17) is 21.1 Å². The number of hydrogen-bond acceptors (Lipinski definition) is 5. The number of nitrogens with zero attached hydrogens (tertiary/aromatic N) is 1. The average Bonchev–Trinajstić information content (AvgIpc) is 2.37. The topological polar surface area (TPSA) is 78.7 Å². The predicted octanol–water partition coefficient (Wildman–Crippen LogP) is 3.08. The van der Waals surface area contributed by atoms with Crippen molar-refractivity contribution in [1.82, 2.24) is 0 Å². The lowest BCUT2D eigenvalue weighted by molar-refractivity contribution is -0.384. The Balaban J connectivity index is 2.55. The fourth-order valence-corrected chi connectivity index (χ4v) is 1.57. The van der Waals surface area contributed by atoms with E-state index in [1.165, 1.54) is 12.1 Å². The van der Waals surface area contributed by atoms with Gasteiger partial charge in [0.15, 0.2) is 0 Å². The minimum absolute atomic E-state index is 0.0234. The van der Waals surface area contributed by atoms with Crippen LogP contribution in [0.3, 0.4) is 0 Å². The molecule has 0 aliphatic rings. The standard InChI is InChI=1S/C13H16ClNO5/c1-9(2)8-19-5-6-20-13(16)11-7-10(15(17)18)3-4-12(11)14/h3-4,7,9H,5-6,8H2,1-2H3. The number of carbonyl (C=O) groups is 1. The molecule has 0 fully saturated rings. The van der Waals surface area contributed by atoms with Gasteiger partial charge in [-0.25, -0.2) is 4.79 Å². The van der Waals surface area contributed by atoms with Crippen LogP contribution in [0.1, 0.15) is 24.2 Å². The summed E-state index contributed by atoms with van der Waals surface area (Å²) in [5.74, 6) is -0.302. The molecule has 7 heteroatoms. The summed E-state index contributed by atoms with van der Waals surface area (Å²) in [6, 6.07) is 3.62. The number of non-ortho nitro benzene ring substituents is 1. The van der Waals surface area contributed by atoms with Gasteiger partial charge in [-0.15, -0.1) is 0 Å². The molecule has 0 unspecified atom stereocenters. The first-order chi connectivity index (χ1) is 9.41. The Kier molecular flexibility index (Phi) is 6.41. The van der Waals surface area contributed by atoms with Crippen LogP contribution >= 0.6 is 11.6 Å². The third-order valence-electron chi connectivity index (χ3n) is 2.29. The second kappa shape index (κ2) is 7.81. The van der Waals surface area contributed by atoms with E-state index in [0.29, 0.717) is 12.5 Å². The fourth-order valence-electron chi connectivity index (χ4n) is 1.37. The molecule has 0 radical (unpaired) electrons. The lowest BCUT2D eigenvalue weighted by Gasteiger charge is -2.08. The molecule has 0 heterocycles. The molecule has 0 atom stereocenters. The lowest BCUT2D eigenvalue weighted by atomic mass is 10.2. The molecular formula is C13H16ClNO5. The Labute approximate surface area is 121 Å².